The van der Waals surface area contributed by atoms with E-state index in [4.69, 9.17) is 4.74 Å². The summed E-state index contributed by atoms with van der Waals surface area (Å²) < 4.78 is 5.26. The third-order valence-electron chi connectivity index (χ3n) is 3.54. The van der Waals surface area contributed by atoms with Crippen LogP contribution in [0.15, 0.2) is 42.5 Å². The molecule has 6 nitrogen and oxygen atoms in total. The number of urea groups is 1. The Balaban J connectivity index is 1.92. The molecule has 0 saturated carbocycles. The Morgan fingerprint density at radius 3 is 2.83 bits per heavy atom. The molecule has 0 bridgehead atoms. The van der Waals surface area contributed by atoms with E-state index in [1.807, 2.05) is 49.4 Å². The lowest BCUT2D eigenvalue weighted by molar-refractivity contribution is 0.252. The Labute approximate surface area is 133 Å². The number of rotatable bonds is 4. The highest BCUT2D eigenvalue weighted by atomic mass is 16.5. The van der Waals surface area contributed by atoms with Gasteiger partial charge in [0, 0.05) is 11.9 Å². The van der Waals surface area contributed by atoms with Gasteiger partial charge in [-0.3, -0.25) is 10.4 Å². The minimum atomic E-state index is -0.266. The van der Waals surface area contributed by atoms with Crippen molar-refractivity contribution in [1.29, 1.82) is 0 Å². The second-order valence-electron chi connectivity index (χ2n) is 5.05. The Kier molecular flexibility index (Phi) is 4.14. The number of nitrogens with zero attached hydrogens (tertiary/aromatic N) is 1. The Bertz CT molecular complexity index is 841. The predicted octanol–water partition coefficient (Wildman–Crippen LogP) is 3.38. The summed E-state index contributed by atoms with van der Waals surface area (Å²) in [6.45, 7) is 2.43. The Morgan fingerprint density at radius 2 is 2.04 bits per heavy atom. The van der Waals surface area contributed by atoms with Gasteiger partial charge in [-0.25, -0.2) is 4.79 Å². The van der Waals surface area contributed by atoms with Crippen LogP contribution in [0.1, 0.15) is 6.92 Å². The molecule has 0 fully saturated rings. The molecule has 3 rings (SSSR count). The fraction of sp³-hybridized carbons (Fsp3) is 0.176. The van der Waals surface area contributed by atoms with Crippen molar-refractivity contribution in [2.45, 2.75) is 6.92 Å². The zero-order valence-electron chi connectivity index (χ0n) is 13.0. The maximum atomic E-state index is 11.6. The van der Waals surface area contributed by atoms with E-state index < -0.39 is 0 Å². The fourth-order valence-electron chi connectivity index (χ4n) is 2.41. The van der Waals surface area contributed by atoms with E-state index in [1.165, 1.54) is 0 Å². The van der Waals surface area contributed by atoms with Crippen LogP contribution in [0.5, 0.6) is 5.75 Å². The predicted molar refractivity (Wildman–Crippen MR) is 90.8 cm³/mol. The minimum absolute atomic E-state index is 0.266. The standard InChI is InChI=1S/C17H18N4O2/c1-3-18-17(22)19-16-14-8-7-12(10-15(14)20-21-16)11-5-4-6-13(9-11)23-2/h4-10H,3H2,1-2H3,(H3,18,19,20,21,22). The molecular formula is C17H18N4O2. The van der Waals surface area contributed by atoms with Gasteiger partial charge in [-0.1, -0.05) is 18.2 Å². The molecule has 0 aliphatic carbocycles. The van der Waals surface area contributed by atoms with Gasteiger partial charge in [-0.2, -0.15) is 5.10 Å². The first-order valence-corrected chi connectivity index (χ1v) is 7.38. The number of benzene rings is 2. The van der Waals surface area contributed by atoms with Gasteiger partial charge in [-0.05, 0) is 42.3 Å². The van der Waals surface area contributed by atoms with E-state index in [2.05, 4.69) is 20.8 Å². The van der Waals surface area contributed by atoms with Crippen LogP contribution in [0.4, 0.5) is 10.6 Å². The summed E-state index contributed by atoms with van der Waals surface area (Å²) in [5, 5.41) is 13.4. The van der Waals surface area contributed by atoms with Crippen molar-refractivity contribution in [3.05, 3.63) is 42.5 Å². The highest BCUT2D eigenvalue weighted by molar-refractivity contribution is 6.00. The maximum Gasteiger partial charge on any atom is 0.320 e. The summed E-state index contributed by atoms with van der Waals surface area (Å²) in [5.74, 6) is 1.33. The van der Waals surface area contributed by atoms with E-state index in [0.717, 1.165) is 27.8 Å². The van der Waals surface area contributed by atoms with Crippen molar-refractivity contribution in [2.75, 3.05) is 19.0 Å². The molecule has 2 amide bonds. The number of nitrogens with one attached hydrogen (secondary N) is 3. The monoisotopic (exact) mass is 310 g/mol. The topological polar surface area (TPSA) is 79.0 Å². The first kappa shape index (κ1) is 14.9. The SMILES string of the molecule is CCNC(=O)Nc1n[nH]c2cc(-c3cccc(OC)c3)ccc12. The van der Waals surface area contributed by atoms with Crippen LogP contribution in [0.25, 0.3) is 22.0 Å². The highest BCUT2D eigenvalue weighted by Gasteiger charge is 2.10. The van der Waals surface area contributed by atoms with Gasteiger partial charge in [-0.15, -0.1) is 0 Å². The second kappa shape index (κ2) is 6.39. The van der Waals surface area contributed by atoms with E-state index in [1.54, 1.807) is 7.11 Å². The fourth-order valence-corrected chi connectivity index (χ4v) is 2.41. The molecule has 0 unspecified atom stereocenters. The third kappa shape index (κ3) is 3.11. The van der Waals surface area contributed by atoms with Crippen LogP contribution < -0.4 is 15.4 Å². The van der Waals surface area contributed by atoms with Gasteiger partial charge in [0.15, 0.2) is 5.82 Å². The van der Waals surface area contributed by atoms with Crippen LogP contribution in [0.2, 0.25) is 0 Å². The molecule has 118 valence electrons. The lowest BCUT2D eigenvalue weighted by Crippen LogP contribution is -2.28. The largest absolute Gasteiger partial charge is 0.497 e. The molecule has 23 heavy (non-hydrogen) atoms. The van der Waals surface area contributed by atoms with Gasteiger partial charge in [0.2, 0.25) is 0 Å². The van der Waals surface area contributed by atoms with E-state index in [-0.39, 0.29) is 6.03 Å². The number of aromatic amines is 1. The molecule has 0 saturated heterocycles. The number of carbonyl (C=O) groups is 1. The number of fused-ring (bicyclic) bond motifs is 1. The van der Waals surface area contributed by atoms with Crippen molar-refractivity contribution in [3.63, 3.8) is 0 Å². The van der Waals surface area contributed by atoms with Crippen LogP contribution in [0, 0.1) is 0 Å². The number of aromatic nitrogens is 2. The number of anilines is 1. The van der Waals surface area contributed by atoms with Gasteiger partial charge in [0.1, 0.15) is 5.75 Å². The Morgan fingerprint density at radius 1 is 1.22 bits per heavy atom. The molecule has 0 spiro atoms. The second-order valence-corrected chi connectivity index (χ2v) is 5.05. The minimum Gasteiger partial charge on any atom is -0.497 e. The molecular weight excluding hydrogens is 292 g/mol. The Hall–Kier alpha value is -3.02. The molecule has 3 aromatic rings. The summed E-state index contributed by atoms with van der Waals surface area (Å²) in [7, 11) is 1.65. The molecule has 2 aromatic carbocycles. The highest BCUT2D eigenvalue weighted by Crippen LogP contribution is 2.28. The molecule has 0 aliphatic heterocycles. The summed E-state index contributed by atoms with van der Waals surface area (Å²) >= 11 is 0. The lowest BCUT2D eigenvalue weighted by atomic mass is 10.0. The molecule has 0 radical (unpaired) electrons. The van der Waals surface area contributed by atoms with E-state index in [9.17, 15) is 4.79 Å². The van der Waals surface area contributed by atoms with Crippen molar-refractivity contribution in [2.24, 2.45) is 0 Å². The molecule has 3 N–H and O–H groups in total. The lowest BCUT2D eigenvalue weighted by Gasteiger charge is -2.05. The van der Waals surface area contributed by atoms with Crippen molar-refractivity contribution in [1.82, 2.24) is 15.5 Å². The summed E-state index contributed by atoms with van der Waals surface area (Å²) in [6.07, 6.45) is 0. The number of amides is 2. The van der Waals surface area contributed by atoms with Gasteiger partial charge < -0.3 is 10.1 Å². The average molecular weight is 310 g/mol. The average Bonchev–Trinajstić information content (AvgIpc) is 2.97. The summed E-state index contributed by atoms with van der Waals surface area (Å²) in [6, 6.07) is 13.5. The quantitative estimate of drug-likeness (QED) is 0.691. The molecule has 1 heterocycles. The van der Waals surface area contributed by atoms with Gasteiger partial charge >= 0.3 is 6.03 Å². The van der Waals surface area contributed by atoms with Crippen molar-refractivity contribution < 1.29 is 9.53 Å². The number of hydrogen-bond acceptors (Lipinski definition) is 3. The zero-order valence-corrected chi connectivity index (χ0v) is 13.0. The van der Waals surface area contributed by atoms with Crippen LogP contribution in [-0.4, -0.2) is 29.9 Å². The number of ether oxygens (including phenoxy) is 1. The number of H-pyrrole nitrogens is 1. The molecule has 0 aliphatic rings. The molecule has 6 heteroatoms. The van der Waals surface area contributed by atoms with E-state index >= 15 is 0 Å². The molecule has 0 atom stereocenters. The first-order chi connectivity index (χ1) is 11.2. The van der Waals surface area contributed by atoms with Crippen molar-refractivity contribution >= 4 is 22.8 Å². The number of hydrogen-bond donors (Lipinski definition) is 3. The maximum absolute atomic E-state index is 11.6. The van der Waals surface area contributed by atoms with E-state index in [0.29, 0.717) is 12.4 Å². The third-order valence-corrected chi connectivity index (χ3v) is 3.54. The van der Waals surface area contributed by atoms with Crippen LogP contribution in [0.3, 0.4) is 0 Å². The smallest absolute Gasteiger partial charge is 0.320 e. The summed E-state index contributed by atoms with van der Waals surface area (Å²) in [5.41, 5.74) is 2.96. The van der Waals surface area contributed by atoms with Crippen LogP contribution >= 0.6 is 0 Å². The summed E-state index contributed by atoms with van der Waals surface area (Å²) in [4.78, 5) is 11.6. The first-order valence-electron chi connectivity index (χ1n) is 7.38. The number of methoxy groups -OCH3 is 1. The van der Waals surface area contributed by atoms with Gasteiger partial charge in [0.05, 0.1) is 12.6 Å². The zero-order chi connectivity index (χ0) is 16.2. The normalized spacial score (nSPS) is 10.5. The van der Waals surface area contributed by atoms with Crippen LogP contribution in [-0.2, 0) is 0 Å². The molecule has 1 aromatic heterocycles. The number of carbonyl (C=O) groups excluding carboxylic acids is 1. The van der Waals surface area contributed by atoms with Crippen molar-refractivity contribution in [3.8, 4) is 16.9 Å². The van der Waals surface area contributed by atoms with Gasteiger partial charge in [0.25, 0.3) is 0 Å².